The maximum Gasteiger partial charge on any atom is 0.217 e. The number of anilines is 1. The second-order valence-electron chi connectivity index (χ2n) is 7.05. The lowest BCUT2D eigenvalue weighted by Gasteiger charge is -2.39. The molecule has 0 unspecified atom stereocenters. The lowest BCUT2D eigenvalue weighted by Crippen LogP contribution is -2.51. The van der Waals surface area contributed by atoms with Gasteiger partial charge in [-0.25, -0.2) is 17.8 Å². The summed E-state index contributed by atoms with van der Waals surface area (Å²) in [4.78, 5) is 4.01. The standard InChI is InChI=1S/C16H22FN3O3S/c17-14-3-1-7-18-15(14)19-12-9-16(23-10-12)6-2-8-20(11-16)24(21,22)13-4-5-13/h1,3,7,12-13H,2,4-6,8-11H2,(H,18,19)/t12-,16-/m0/s1. The van der Waals surface area contributed by atoms with E-state index in [1.54, 1.807) is 16.6 Å². The number of rotatable bonds is 4. The summed E-state index contributed by atoms with van der Waals surface area (Å²) in [5, 5.41) is 2.90. The predicted octanol–water partition coefficient (Wildman–Crippen LogP) is 1.75. The van der Waals surface area contributed by atoms with E-state index < -0.39 is 15.6 Å². The van der Waals surface area contributed by atoms with Crippen molar-refractivity contribution in [2.75, 3.05) is 25.0 Å². The molecule has 8 heteroatoms. The Hall–Kier alpha value is -1.25. The average Bonchev–Trinajstić information content (AvgIpc) is 3.36. The molecule has 1 spiro atoms. The molecule has 3 heterocycles. The third kappa shape index (κ3) is 3.02. The summed E-state index contributed by atoms with van der Waals surface area (Å²) in [6, 6.07) is 2.86. The maximum absolute atomic E-state index is 13.7. The van der Waals surface area contributed by atoms with Crippen molar-refractivity contribution in [3.05, 3.63) is 24.1 Å². The molecule has 4 rings (SSSR count). The minimum absolute atomic E-state index is 0.0574. The molecule has 0 aromatic carbocycles. The number of aromatic nitrogens is 1. The summed E-state index contributed by atoms with van der Waals surface area (Å²) in [7, 11) is -3.17. The van der Waals surface area contributed by atoms with Crippen molar-refractivity contribution in [3.8, 4) is 0 Å². The molecular weight excluding hydrogens is 333 g/mol. The van der Waals surface area contributed by atoms with Gasteiger partial charge in [0.25, 0.3) is 0 Å². The summed E-state index contributed by atoms with van der Waals surface area (Å²) in [6.45, 7) is 1.43. The van der Waals surface area contributed by atoms with E-state index in [1.165, 1.54) is 6.07 Å². The molecule has 1 aliphatic carbocycles. The van der Waals surface area contributed by atoms with Gasteiger partial charge < -0.3 is 10.1 Å². The normalized spacial score (nSPS) is 31.5. The largest absolute Gasteiger partial charge is 0.371 e. The van der Waals surface area contributed by atoms with E-state index >= 15 is 0 Å². The molecule has 24 heavy (non-hydrogen) atoms. The van der Waals surface area contributed by atoms with Gasteiger partial charge in [-0.1, -0.05) is 0 Å². The van der Waals surface area contributed by atoms with Gasteiger partial charge in [0.1, 0.15) is 0 Å². The predicted molar refractivity (Wildman–Crippen MR) is 87.7 cm³/mol. The first-order chi connectivity index (χ1) is 11.5. The molecule has 3 fully saturated rings. The molecule has 2 atom stereocenters. The van der Waals surface area contributed by atoms with E-state index in [9.17, 15) is 12.8 Å². The zero-order chi connectivity index (χ0) is 16.8. The Morgan fingerprint density at radius 3 is 3.00 bits per heavy atom. The highest BCUT2D eigenvalue weighted by Gasteiger charge is 2.49. The summed E-state index contributed by atoms with van der Waals surface area (Å²) >= 11 is 0. The van der Waals surface area contributed by atoms with Gasteiger partial charge in [0.05, 0.1) is 23.5 Å². The Morgan fingerprint density at radius 2 is 2.25 bits per heavy atom. The Labute approximate surface area is 141 Å². The number of pyridine rings is 1. The molecule has 6 nitrogen and oxygen atoms in total. The first-order valence-corrected chi connectivity index (χ1v) is 9.99. The van der Waals surface area contributed by atoms with Crippen LogP contribution in [0.25, 0.3) is 0 Å². The van der Waals surface area contributed by atoms with Crippen molar-refractivity contribution in [3.63, 3.8) is 0 Å². The van der Waals surface area contributed by atoms with Gasteiger partial charge in [-0.15, -0.1) is 0 Å². The number of nitrogens with zero attached hydrogens (tertiary/aromatic N) is 2. The van der Waals surface area contributed by atoms with Crippen LogP contribution in [0.3, 0.4) is 0 Å². The number of hydrogen-bond acceptors (Lipinski definition) is 5. The van der Waals surface area contributed by atoms with Crippen LogP contribution in [0.15, 0.2) is 18.3 Å². The van der Waals surface area contributed by atoms with Crippen molar-refractivity contribution in [2.24, 2.45) is 0 Å². The second kappa shape index (κ2) is 5.93. The monoisotopic (exact) mass is 355 g/mol. The lowest BCUT2D eigenvalue weighted by molar-refractivity contribution is -0.0329. The second-order valence-corrected chi connectivity index (χ2v) is 9.27. The number of ether oxygens (including phenoxy) is 1. The maximum atomic E-state index is 13.7. The van der Waals surface area contributed by atoms with Gasteiger partial charge in [-0.05, 0) is 37.8 Å². The quantitative estimate of drug-likeness (QED) is 0.891. The molecule has 1 saturated carbocycles. The molecule has 132 valence electrons. The van der Waals surface area contributed by atoms with Gasteiger partial charge in [0.2, 0.25) is 10.0 Å². The summed E-state index contributed by atoms with van der Waals surface area (Å²) < 4.78 is 46.4. The van der Waals surface area contributed by atoms with E-state index in [-0.39, 0.29) is 22.9 Å². The fraction of sp³-hybridized carbons (Fsp3) is 0.688. The number of nitrogens with one attached hydrogen (secondary N) is 1. The fourth-order valence-corrected chi connectivity index (χ4v) is 5.71. The molecule has 0 radical (unpaired) electrons. The topological polar surface area (TPSA) is 71.5 Å². The molecule has 0 amide bonds. The third-order valence-electron chi connectivity index (χ3n) is 5.12. The Kier molecular flexibility index (Phi) is 4.01. The zero-order valence-corrected chi connectivity index (χ0v) is 14.3. The van der Waals surface area contributed by atoms with Gasteiger partial charge in [-0.3, -0.25) is 0 Å². The third-order valence-corrected chi connectivity index (χ3v) is 7.46. The van der Waals surface area contributed by atoms with Gasteiger partial charge in [-0.2, -0.15) is 4.31 Å². The Bertz CT molecular complexity index is 725. The number of piperidine rings is 1. The highest BCUT2D eigenvalue weighted by molar-refractivity contribution is 7.90. The zero-order valence-electron chi connectivity index (χ0n) is 13.4. The molecule has 2 aliphatic heterocycles. The molecule has 0 bridgehead atoms. The minimum Gasteiger partial charge on any atom is -0.371 e. The van der Waals surface area contributed by atoms with Crippen molar-refractivity contribution in [1.29, 1.82) is 0 Å². The van der Waals surface area contributed by atoms with Crippen LogP contribution in [0.4, 0.5) is 10.2 Å². The Morgan fingerprint density at radius 1 is 1.42 bits per heavy atom. The summed E-state index contributed by atoms with van der Waals surface area (Å²) in [5.74, 6) is -0.165. The first kappa shape index (κ1) is 16.2. The molecule has 1 aromatic heterocycles. The molecule has 1 N–H and O–H groups in total. The van der Waals surface area contributed by atoms with E-state index in [2.05, 4.69) is 10.3 Å². The molecule has 3 aliphatic rings. The van der Waals surface area contributed by atoms with Crippen LogP contribution in [-0.2, 0) is 14.8 Å². The van der Waals surface area contributed by atoms with E-state index in [4.69, 9.17) is 4.74 Å². The van der Waals surface area contributed by atoms with Crippen molar-refractivity contribution in [2.45, 2.75) is 49.0 Å². The summed E-state index contributed by atoms with van der Waals surface area (Å²) in [6.07, 6.45) is 5.40. The molecule has 1 aromatic rings. The lowest BCUT2D eigenvalue weighted by atomic mass is 9.90. The highest BCUT2D eigenvalue weighted by Crippen LogP contribution is 2.39. The fourth-order valence-electron chi connectivity index (χ4n) is 3.76. The van der Waals surface area contributed by atoms with Crippen LogP contribution in [0.5, 0.6) is 0 Å². The van der Waals surface area contributed by atoms with Gasteiger partial charge in [0.15, 0.2) is 11.6 Å². The van der Waals surface area contributed by atoms with Crippen LogP contribution in [-0.4, -0.2) is 54.3 Å². The van der Waals surface area contributed by atoms with Crippen LogP contribution in [0.1, 0.15) is 32.1 Å². The number of hydrogen-bond donors (Lipinski definition) is 1. The smallest absolute Gasteiger partial charge is 0.217 e. The Balaban J connectivity index is 1.44. The van der Waals surface area contributed by atoms with Crippen LogP contribution in [0, 0.1) is 5.82 Å². The van der Waals surface area contributed by atoms with Crippen LogP contribution < -0.4 is 5.32 Å². The van der Waals surface area contributed by atoms with Crippen LogP contribution in [0.2, 0.25) is 0 Å². The molecular formula is C16H22FN3O3S. The van der Waals surface area contributed by atoms with Crippen LogP contribution >= 0.6 is 0 Å². The highest BCUT2D eigenvalue weighted by atomic mass is 32.2. The van der Waals surface area contributed by atoms with E-state index in [1.807, 2.05) is 0 Å². The first-order valence-electron chi connectivity index (χ1n) is 8.49. The summed E-state index contributed by atoms with van der Waals surface area (Å²) in [5.41, 5.74) is -0.455. The van der Waals surface area contributed by atoms with Gasteiger partial charge >= 0.3 is 0 Å². The average molecular weight is 355 g/mol. The van der Waals surface area contributed by atoms with Crippen molar-refractivity contribution in [1.82, 2.24) is 9.29 Å². The minimum atomic E-state index is -3.17. The van der Waals surface area contributed by atoms with Crippen molar-refractivity contribution < 1.29 is 17.5 Å². The SMILES string of the molecule is O=S(=O)(C1CC1)N1CCC[C@]2(C[C@H](Nc3ncccc3F)CO2)C1. The number of halogens is 1. The van der Waals surface area contributed by atoms with E-state index in [0.29, 0.717) is 26.1 Å². The molecule has 2 saturated heterocycles. The number of sulfonamides is 1. The van der Waals surface area contributed by atoms with Crippen molar-refractivity contribution >= 4 is 15.8 Å². The van der Waals surface area contributed by atoms with E-state index in [0.717, 1.165) is 25.7 Å². The van der Waals surface area contributed by atoms with Gasteiger partial charge in [0, 0.05) is 25.7 Å².